The van der Waals surface area contributed by atoms with Gasteiger partial charge >= 0.3 is 6.09 Å². The monoisotopic (exact) mass is 406 g/mol. The molecule has 1 saturated heterocycles. The van der Waals surface area contributed by atoms with Crippen molar-refractivity contribution in [3.63, 3.8) is 0 Å². The van der Waals surface area contributed by atoms with Crippen molar-refractivity contribution < 1.29 is 19.2 Å². The van der Waals surface area contributed by atoms with E-state index in [1.165, 1.54) is 12.1 Å². The molecule has 2 atom stereocenters. The van der Waals surface area contributed by atoms with Crippen molar-refractivity contribution in [2.24, 2.45) is 5.73 Å². The Balaban J connectivity index is 2.16. The molecule has 160 valence electrons. The number of carbonyl (C=O) groups excluding carboxylic acids is 2. The van der Waals surface area contributed by atoms with Crippen LogP contribution in [-0.2, 0) is 11.3 Å². The molecule has 1 aromatic rings. The molecule has 1 aliphatic heterocycles. The Kier molecular flexibility index (Phi) is 7.18. The first-order valence-corrected chi connectivity index (χ1v) is 9.78. The molecule has 0 bridgehead atoms. The molecule has 0 aliphatic carbocycles. The number of primary amides is 1. The summed E-state index contributed by atoms with van der Waals surface area (Å²) in [6.07, 6.45) is 2.38. The summed E-state index contributed by atoms with van der Waals surface area (Å²) in [5.74, 6) is -0.703. The molecule has 2 rings (SSSR count). The standard InChI is InChI=1S/C20H30N4O5/c1-13(22-19(26)29-20(2,3)4)16-7-5-6-10-23(16)12-15-9-8-14(18(21)25)11-17(15)24(27)28/h8-9,11,13,16H,5-7,10,12H2,1-4H3,(H2,21,25)(H,22,26)/t13-,16-/m1/s1. The minimum absolute atomic E-state index is 0.0201. The summed E-state index contributed by atoms with van der Waals surface area (Å²) in [5.41, 5.74) is 5.15. The molecular weight excluding hydrogens is 376 g/mol. The van der Waals surface area contributed by atoms with Gasteiger partial charge in [-0.3, -0.25) is 19.8 Å². The molecule has 0 spiro atoms. The fourth-order valence-corrected chi connectivity index (χ4v) is 3.61. The fourth-order valence-electron chi connectivity index (χ4n) is 3.61. The van der Waals surface area contributed by atoms with Crippen LogP contribution in [0.3, 0.4) is 0 Å². The molecule has 0 saturated carbocycles. The number of rotatable bonds is 6. The maximum atomic E-state index is 12.1. The topological polar surface area (TPSA) is 128 Å². The number of alkyl carbamates (subject to hydrolysis) is 1. The van der Waals surface area contributed by atoms with Gasteiger partial charge in [-0.1, -0.05) is 12.5 Å². The zero-order valence-corrected chi connectivity index (χ0v) is 17.4. The summed E-state index contributed by atoms with van der Waals surface area (Å²) in [4.78, 5) is 36.6. The van der Waals surface area contributed by atoms with Gasteiger partial charge in [0.05, 0.1) is 4.92 Å². The molecular formula is C20H30N4O5. The Labute approximate surface area is 170 Å². The predicted molar refractivity (Wildman–Crippen MR) is 108 cm³/mol. The molecule has 1 fully saturated rings. The van der Waals surface area contributed by atoms with Gasteiger partial charge in [0.25, 0.3) is 5.69 Å². The van der Waals surface area contributed by atoms with Gasteiger partial charge in [-0.25, -0.2) is 4.79 Å². The lowest BCUT2D eigenvalue weighted by Gasteiger charge is -2.39. The van der Waals surface area contributed by atoms with Gasteiger partial charge in [0.15, 0.2) is 0 Å². The van der Waals surface area contributed by atoms with Crippen molar-refractivity contribution in [2.45, 2.75) is 71.2 Å². The third-order valence-corrected chi connectivity index (χ3v) is 4.93. The summed E-state index contributed by atoms with van der Waals surface area (Å²) < 4.78 is 5.34. The first kappa shape index (κ1) is 22.6. The van der Waals surface area contributed by atoms with Gasteiger partial charge in [-0.15, -0.1) is 0 Å². The van der Waals surface area contributed by atoms with Crippen LogP contribution in [-0.4, -0.2) is 46.1 Å². The first-order chi connectivity index (χ1) is 13.5. The summed E-state index contributed by atoms with van der Waals surface area (Å²) in [5, 5.41) is 14.4. The fraction of sp³-hybridized carbons (Fsp3) is 0.600. The minimum atomic E-state index is -0.703. The predicted octanol–water partition coefficient (Wildman–Crippen LogP) is 2.96. The molecule has 0 aromatic heterocycles. The number of nitrogens with one attached hydrogen (secondary N) is 1. The minimum Gasteiger partial charge on any atom is -0.444 e. The van der Waals surface area contributed by atoms with Crippen LogP contribution in [0.5, 0.6) is 0 Å². The summed E-state index contributed by atoms with van der Waals surface area (Å²) in [6, 6.07) is 4.14. The van der Waals surface area contributed by atoms with Crippen LogP contribution in [0.2, 0.25) is 0 Å². The van der Waals surface area contributed by atoms with E-state index in [0.29, 0.717) is 12.1 Å². The third kappa shape index (κ3) is 6.42. The van der Waals surface area contributed by atoms with Gasteiger partial charge < -0.3 is 15.8 Å². The van der Waals surface area contributed by atoms with Crippen molar-refractivity contribution in [1.82, 2.24) is 10.2 Å². The highest BCUT2D eigenvalue weighted by Gasteiger charge is 2.31. The van der Waals surface area contributed by atoms with E-state index in [1.807, 2.05) is 6.92 Å². The van der Waals surface area contributed by atoms with Crippen molar-refractivity contribution in [3.05, 3.63) is 39.4 Å². The number of carbonyl (C=O) groups is 2. The normalized spacial score (nSPS) is 18.7. The molecule has 0 radical (unpaired) electrons. The average molecular weight is 406 g/mol. The SMILES string of the molecule is C[C@@H](NC(=O)OC(C)(C)C)[C@H]1CCCCN1Cc1ccc(C(N)=O)cc1[N+](=O)[O-]. The van der Waals surface area contributed by atoms with Crippen LogP contribution in [0.15, 0.2) is 18.2 Å². The second kappa shape index (κ2) is 9.21. The zero-order valence-electron chi connectivity index (χ0n) is 17.4. The van der Waals surface area contributed by atoms with E-state index in [0.717, 1.165) is 25.8 Å². The van der Waals surface area contributed by atoms with Crippen LogP contribution in [0, 0.1) is 10.1 Å². The maximum absolute atomic E-state index is 12.1. The van der Waals surface area contributed by atoms with Crippen molar-refractivity contribution >= 4 is 17.7 Å². The number of hydrogen-bond donors (Lipinski definition) is 2. The molecule has 1 aliphatic rings. The number of likely N-dealkylation sites (tertiary alicyclic amines) is 1. The van der Waals surface area contributed by atoms with Crippen LogP contribution in [0.1, 0.15) is 62.9 Å². The van der Waals surface area contributed by atoms with E-state index in [9.17, 15) is 19.7 Å². The van der Waals surface area contributed by atoms with E-state index in [-0.39, 0.29) is 23.3 Å². The smallest absolute Gasteiger partial charge is 0.407 e. The van der Waals surface area contributed by atoms with Crippen LogP contribution >= 0.6 is 0 Å². The number of nitro groups is 1. The summed E-state index contributed by atoms with van der Waals surface area (Å²) in [7, 11) is 0. The number of hydrogen-bond acceptors (Lipinski definition) is 6. The molecule has 9 nitrogen and oxygen atoms in total. The van der Waals surface area contributed by atoms with E-state index in [2.05, 4.69) is 10.2 Å². The van der Waals surface area contributed by atoms with Gasteiger partial charge in [0, 0.05) is 35.8 Å². The molecule has 9 heteroatoms. The molecule has 1 heterocycles. The number of amides is 2. The lowest BCUT2D eigenvalue weighted by Crippen LogP contribution is -2.52. The Hall–Kier alpha value is -2.68. The van der Waals surface area contributed by atoms with Crippen molar-refractivity contribution in [3.8, 4) is 0 Å². The van der Waals surface area contributed by atoms with Gasteiger partial charge in [0.2, 0.25) is 5.91 Å². The van der Waals surface area contributed by atoms with E-state index in [4.69, 9.17) is 10.5 Å². The third-order valence-electron chi connectivity index (χ3n) is 4.93. The van der Waals surface area contributed by atoms with E-state index in [1.54, 1.807) is 26.8 Å². The second-order valence-electron chi connectivity index (χ2n) is 8.43. The van der Waals surface area contributed by atoms with Crippen LogP contribution in [0.4, 0.5) is 10.5 Å². The number of nitro benzene ring substituents is 1. The maximum Gasteiger partial charge on any atom is 0.407 e. The molecule has 2 amide bonds. The Morgan fingerprint density at radius 1 is 1.38 bits per heavy atom. The Morgan fingerprint density at radius 3 is 2.66 bits per heavy atom. The zero-order chi connectivity index (χ0) is 21.8. The number of ether oxygens (including phenoxy) is 1. The first-order valence-electron chi connectivity index (χ1n) is 9.78. The highest BCUT2D eigenvalue weighted by atomic mass is 16.6. The second-order valence-corrected chi connectivity index (χ2v) is 8.43. The van der Waals surface area contributed by atoms with E-state index >= 15 is 0 Å². The molecule has 0 unspecified atom stereocenters. The van der Waals surface area contributed by atoms with Gasteiger partial charge in [-0.05, 0) is 53.1 Å². The highest BCUT2D eigenvalue weighted by Crippen LogP contribution is 2.27. The quantitative estimate of drug-likeness (QED) is 0.552. The molecule has 29 heavy (non-hydrogen) atoms. The van der Waals surface area contributed by atoms with Gasteiger partial charge in [0.1, 0.15) is 5.60 Å². The van der Waals surface area contributed by atoms with E-state index < -0.39 is 22.5 Å². The van der Waals surface area contributed by atoms with Crippen LogP contribution < -0.4 is 11.1 Å². The van der Waals surface area contributed by atoms with Crippen molar-refractivity contribution in [1.29, 1.82) is 0 Å². The van der Waals surface area contributed by atoms with Crippen LogP contribution in [0.25, 0.3) is 0 Å². The lowest BCUT2D eigenvalue weighted by atomic mass is 9.95. The van der Waals surface area contributed by atoms with Gasteiger partial charge in [-0.2, -0.15) is 0 Å². The number of nitrogens with zero attached hydrogens (tertiary/aromatic N) is 2. The number of benzene rings is 1. The average Bonchev–Trinajstić information content (AvgIpc) is 2.60. The highest BCUT2D eigenvalue weighted by molar-refractivity contribution is 5.93. The Bertz CT molecular complexity index is 775. The summed E-state index contributed by atoms with van der Waals surface area (Å²) in [6.45, 7) is 8.44. The largest absolute Gasteiger partial charge is 0.444 e. The lowest BCUT2D eigenvalue weighted by molar-refractivity contribution is -0.385. The summed E-state index contributed by atoms with van der Waals surface area (Å²) >= 11 is 0. The molecule has 3 N–H and O–H groups in total. The molecule has 1 aromatic carbocycles. The van der Waals surface area contributed by atoms with Crippen molar-refractivity contribution in [2.75, 3.05) is 6.54 Å². The Morgan fingerprint density at radius 2 is 2.07 bits per heavy atom. The number of nitrogens with two attached hydrogens (primary N) is 1. The number of piperidine rings is 1.